The molecule has 1 aromatic rings. The summed E-state index contributed by atoms with van der Waals surface area (Å²) in [5, 5.41) is 4.56. The van der Waals surface area contributed by atoms with Crippen molar-refractivity contribution >= 4 is 30.0 Å². The summed E-state index contributed by atoms with van der Waals surface area (Å²) >= 11 is 0. The molecule has 0 aromatic heterocycles. The molecular weight excluding hydrogens is 330 g/mol. The average Bonchev–Trinajstić information content (AvgIpc) is 2.84. The molecule has 9 heteroatoms. The lowest BCUT2D eigenvalue weighted by Gasteiger charge is -2.27. The smallest absolute Gasteiger partial charge is 0.266 e. The van der Waals surface area contributed by atoms with Crippen molar-refractivity contribution in [3.8, 4) is 5.75 Å². The van der Waals surface area contributed by atoms with Gasteiger partial charge >= 0.3 is 0 Å². The van der Waals surface area contributed by atoms with Crippen LogP contribution in [0.3, 0.4) is 0 Å². The highest BCUT2D eigenvalue weighted by Crippen LogP contribution is 2.33. The van der Waals surface area contributed by atoms with Crippen molar-refractivity contribution in [1.82, 2.24) is 15.5 Å². The van der Waals surface area contributed by atoms with Gasteiger partial charge in [-0.2, -0.15) is 0 Å². The lowest BCUT2D eigenvalue weighted by atomic mass is 10.0. The summed E-state index contributed by atoms with van der Waals surface area (Å²) < 4.78 is 5.47. The molecule has 1 aromatic carbocycles. The van der Waals surface area contributed by atoms with Gasteiger partial charge in [-0.1, -0.05) is 6.07 Å². The van der Waals surface area contributed by atoms with Gasteiger partial charge < -0.3 is 10.1 Å². The summed E-state index contributed by atoms with van der Waals surface area (Å²) in [6, 6.07) is 3.58. The van der Waals surface area contributed by atoms with E-state index in [9.17, 15) is 24.0 Å². The molecule has 0 saturated carbocycles. The Morgan fingerprint density at radius 1 is 1.24 bits per heavy atom. The van der Waals surface area contributed by atoms with Crippen molar-refractivity contribution in [3.05, 3.63) is 29.3 Å². The zero-order chi connectivity index (χ0) is 18.0. The number of hydrogen-bond acceptors (Lipinski definition) is 6. The fourth-order valence-electron chi connectivity index (χ4n) is 2.88. The van der Waals surface area contributed by atoms with E-state index in [4.69, 9.17) is 4.74 Å². The maximum atomic E-state index is 12.7. The molecule has 5 amide bonds. The van der Waals surface area contributed by atoms with E-state index in [0.717, 1.165) is 4.90 Å². The molecule has 0 spiro atoms. The zero-order valence-corrected chi connectivity index (χ0v) is 13.1. The molecule has 1 saturated heterocycles. The zero-order valence-electron chi connectivity index (χ0n) is 13.1. The third-order valence-corrected chi connectivity index (χ3v) is 4.02. The van der Waals surface area contributed by atoms with Crippen molar-refractivity contribution in [2.75, 3.05) is 13.2 Å². The highest BCUT2D eigenvalue weighted by atomic mass is 16.5. The van der Waals surface area contributed by atoms with E-state index in [1.165, 1.54) is 6.07 Å². The van der Waals surface area contributed by atoms with Crippen LogP contribution in [0.25, 0.3) is 0 Å². The van der Waals surface area contributed by atoms with E-state index in [0.29, 0.717) is 6.41 Å². The number of ether oxygens (including phenoxy) is 1. The highest BCUT2D eigenvalue weighted by molar-refractivity contribution is 6.24. The quantitative estimate of drug-likeness (QED) is 0.396. The van der Waals surface area contributed by atoms with Gasteiger partial charge in [-0.3, -0.25) is 34.2 Å². The minimum Gasteiger partial charge on any atom is -0.491 e. The van der Waals surface area contributed by atoms with Crippen LogP contribution in [0.5, 0.6) is 5.75 Å². The summed E-state index contributed by atoms with van der Waals surface area (Å²) in [5.41, 5.74) is 0.235. The van der Waals surface area contributed by atoms with Gasteiger partial charge in [-0.25, -0.2) is 0 Å². The third-order valence-electron chi connectivity index (χ3n) is 4.02. The van der Waals surface area contributed by atoms with Gasteiger partial charge in [-0.05, 0) is 18.6 Å². The first kappa shape index (κ1) is 16.6. The molecule has 9 nitrogen and oxygen atoms in total. The molecule has 0 radical (unpaired) electrons. The van der Waals surface area contributed by atoms with Crippen LogP contribution in [-0.2, 0) is 14.4 Å². The van der Waals surface area contributed by atoms with Crippen LogP contribution in [0.1, 0.15) is 33.6 Å². The van der Waals surface area contributed by atoms with Crippen molar-refractivity contribution in [1.29, 1.82) is 0 Å². The predicted octanol–water partition coefficient (Wildman–Crippen LogP) is -0.787. The molecule has 2 aliphatic rings. The Kier molecular flexibility index (Phi) is 4.46. The molecule has 25 heavy (non-hydrogen) atoms. The van der Waals surface area contributed by atoms with Gasteiger partial charge in [0.25, 0.3) is 11.8 Å². The second-order valence-electron chi connectivity index (χ2n) is 5.55. The van der Waals surface area contributed by atoms with Crippen LogP contribution in [0, 0.1) is 0 Å². The minimum absolute atomic E-state index is 0.0601. The number of nitrogens with one attached hydrogen (secondary N) is 2. The molecule has 1 atom stereocenters. The number of benzene rings is 1. The number of imide groups is 2. The molecule has 0 aliphatic carbocycles. The van der Waals surface area contributed by atoms with Gasteiger partial charge in [0.2, 0.25) is 18.2 Å². The highest BCUT2D eigenvalue weighted by Gasteiger charge is 2.45. The topological polar surface area (TPSA) is 122 Å². The average molecular weight is 345 g/mol. The molecule has 2 aliphatic heterocycles. The standard InChI is InChI=1S/C16H15N3O6/c20-8-17-6-7-25-11-3-1-2-9-13(11)16(24)19(15(9)23)10-4-5-12(21)18-14(10)22/h1-3,8,10H,4-7H2,(H,17,20)(H,18,21,22). The van der Waals surface area contributed by atoms with Crippen LogP contribution >= 0.6 is 0 Å². The van der Waals surface area contributed by atoms with Crippen LogP contribution in [0.15, 0.2) is 18.2 Å². The Bertz CT molecular complexity index is 775. The lowest BCUT2D eigenvalue weighted by Crippen LogP contribution is -2.54. The van der Waals surface area contributed by atoms with Crippen molar-refractivity contribution in [2.24, 2.45) is 0 Å². The molecule has 1 fully saturated rings. The van der Waals surface area contributed by atoms with Crippen molar-refractivity contribution < 1.29 is 28.7 Å². The Morgan fingerprint density at radius 2 is 2.04 bits per heavy atom. The molecule has 1 unspecified atom stereocenters. The molecule has 2 N–H and O–H groups in total. The number of amides is 5. The number of fused-ring (bicyclic) bond motifs is 1. The van der Waals surface area contributed by atoms with Gasteiger partial charge in [-0.15, -0.1) is 0 Å². The molecular formula is C16H15N3O6. The molecule has 130 valence electrons. The first-order chi connectivity index (χ1) is 12.0. The lowest BCUT2D eigenvalue weighted by molar-refractivity contribution is -0.136. The van der Waals surface area contributed by atoms with Gasteiger partial charge in [0.1, 0.15) is 18.4 Å². The first-order valence-corrected chi connectivity index (χ1v) is 7.69. The second kappa shape index (κ2) is 6.71. The molecule has 3 rings (SSSR count). The Labute approximate surface area is 142 Å². The fourth-order valence-corrected chi connectivity index (χ4v) is 2.88. The normalized spacial score (nSPS) is 19.5. The monoisotopic (exact) mass is 345 g/mol. The maximum Gasteiger partial charge on any atom is 0.266 e. The third kappa shape index (κ3) is 2.95. The Hall–Kier alpha value is -3.23. The Balaban J connectivity index is 1.85. The number of carbonyl (C=O) groups excluding carboxylic acids is 5. The van der Waals surface area contributed by atoms with E-state index < -0.39 is 29.7 Å². The summed E-state index contributed by atoms with van der Waals surface area (Å²) in [4.78, 5) is 59.7. The van der Waals surface area contributed by atoms with Crippen LogP contribution in [0.4, 0.5) is 0 Å². The van der Waals surface area contributed by atoms with Crippen LogP contribution < -0.4 is 15.4 Å². The SMILES string of the molecule is O=CNCCOc1cccc2c1C(=O)N(C1CCC(=O)NC1=O)C2=O. The number of nitrogens with zero attached hydrogens (tertiary/aromatic N) is 1. The van der Waals surface area contributed by atoms with E-state index >= 15 is 0 Å². The molecule has 2 heterocycles. The minimum atomic E-state index is -1.02. The van der Waals surface area contributed by atoms with Crippen molar-refractivity contribution in [3.63, 3.8) is 0 Å². The largest absolute Gasteiger partial charge is 0.491 e. The van der Waals surface area contributed by atoms with Gasteiger partial charge in [0, 0.05) is 6.42 Å². The number of hydrogen-bond donors (Lipinski definition) is 2. The van der Waals surface area contributed by atoms with Gasteiger partial charge in [0.15, 0.2) is 0 Å². The fraction of sp³-hybridized carbons (Fsp3) is 0.312. The summed E-state index contributed by atoms with van der Waals surface area (Å²) in [6.45, 7) is 0.362. The van der Waals surface area contributed by atoms with E-state index in [1.807, 2.05) is 0 Å². The van der Waals surface area contributed by atoms with Gasteiger partial charge in [0.05, 0.1) is 17.7 Å². The Morgan fingerprint density at radius 3 is 2.76 bits per heavy atom. The first-order valence-electron chi connectivity index (χ1n) is 7.69. The maximum absolute atomic E-state index is 12.7. The van der Waals surface area contributed by atoms with E-state index in [2.05, 4.69) is 10.6 Å². The molecule has 0 bridgehead atoms. The second-order valence-corrected chi connectivity index (χ2v) is 5.55. The number of piperidine rings is 1. The van der Waals surface area contributed by atoms with E-state index in [1.54, 1.807) is 12.1 Å². The van der Waals surface area contributed by atoms with Crippen LogP contribution in [0.2, 0.25) is 0 Å². The summed E-state index contributed by atoms with van der Waals surface area (Å²) in [6.07, 6.45) is 0.679. The van der Waals surface area contributed by atoms with E-state index in [-0.39, 0.29) is 42.9 Å². The summed E-state index contributed by atoms with van der Waals surface area (Å²) in [7, 11) is 0. The predicted molar refractivity (Wildman–Crippen MR) is 82.7 cm³/mol. The van der Waals surface area contributed by atoms with Crippen LogP contribution in [-0.4, -0.2) is 54.1 Å². The summed E-state index contributed by atoms with van der Waals surface area (Å²) in [5.74, 6) is -2.11. The number of rotatable bonds is 6. The number of carbonyl (C=O) groups is 5. The van der Waals surface area contributed by atoms with Crippen molar-refractivity contribution in [2.45, 2.75) is 18.9 Å².